The maximum absolute atomic E-state index is 14.6. The average Bonchev–Trinajstić information content (AvgIpc) is 3.53. The number of fused-ring (bicyclic) bond motifs is 1. The van der Waals surface area contributed by atoms with Crippen LogP contribution in [0.5, 0.6) is 0 Å². The molecule has 4 aliphatic rings. The largest absolute Gasteiger partial charge is 0.465 e. The summed E-state index contributed by atoms with van der Waals surface area (Å²) in [6.45, 7) is 9.06. The maximum Gasteiger partial charge on any atom is 0.310 e. The first-order valence-electron chi connectivity index (χ1n) is 14.8. The van der Waals surface area contributed by atoms with Crippen molar-refractivity contribution in [2.24, 2.45) is 11.8 Å². The Kier molecular flexibility index (Phi) is 11.0. The van der Waals surface area contributed by atoms with Crippen molar-refractivity contribution in [3.05, 3.63) is 25.3 Å². The van der Waals surface area contributed by atoms with Gasteiger partial charge in [0.25, 0.3) is 0 Å². The van der Waals surface area contributed by atoms with Gasteiger partial charge in [0, 0.05) is 35.8 Å². The number of alkyl halides is 1. The number of allylic oxidation sites excluding steroid dienone is 1. The van der Waals surface area contributed by atoms with E-state index in [1.807, 2.05) is 11.0 Å². The molecule has 1 spiro atoms. The lowest BCUT2D eigenvalue weighted by molar-refractivity contribution is -0.154. The van der Waals surface area contributed by atoms with Gasteiger partial charge in [0.1, 0.15) is 6.04 Å². The highest BCUT2D eigenvalue weighted by Gasteiger charge is 2.76. The van der Waals surface area contributed by atoms with Crippen LogP contribution in [0.3, 0.4) is 0 Å². The van der Waals surface area contributed by atoms with Gasteiger partial charge in [-0.1, -0.05) is 47.3 Å². The molecule has 1 N–H and O–H groups in total. The van der Waals surface area contributed by atoms with Gasteiger partial charge in [-0.2, -0.15) is 0 Å². The van der Waals surface area contributed by atoms with Gasteiger partial charge in [0.2, 0.25) is 11.8 Å². The lowest BCUT2D eigenvalue weighted by Crippen LogP contribution is -2.57. The van der Waals surface area contributed by atoms with Gasteiger partial charge in [-0.25, -0.2) is 0 Å². The molecule has 218 valence electrons. The van der Waals surface area contributed by atoms with Crippen molar-refractivity contribution in [2.75, 3.05) is 26.3 Å². The van der Waals surface area contributed by atoms with E-state index in [2.05, 4.69) is 29.1 Å². The Morgan fingerprint density at radius 2 is 1.90 bits per heavy atom. The molecule has 3 unspecified atom stereocenters. The van der Waals surface area contributed by atoms with Gasteiger partial charge in [0.05, 0.1) is 23.2 Å². The highest BCUT2D eigenvalue weighted by molar-refractivity contribution is 9.09. The summed E-state index contributed by atoms with van der Waals surface area (Å²) >= 11 is 5.51. The first kappa shape index (κ1) is 30.6. The van der Waals surface area contributed by atoms with Crippen LogP contribution in [0.15, 0.2) is 25.3 Å². The molecule has 0 aromatic carbocycles. The molecular formula is C30H45BrN2O5S. The second-order valence-electron chi connectivity index (χ2n) is 11.5. The SMILES string of the molecule is C=CCCCCOC(=O)[C@H]1[C@@H]2SC3(CC2Br)C(C(=O)N(CC=C)C2CCCCC2)N(CCCCCO)C(=O)[C@H]13. The normalized spacial score (nSPS) is 31.8. The van der Waals surface area contributed by atoms with Gasteiger partial charge in [-0.15, -0.1) is 24.9 Å². The van der Waals surface area contributed by atoms with Crippen LogP contribution < -0.4 is 0 Å². The Labute approximate surface area is 246 Å². The number of rotatable bonds is 15. The van der Waals surface area contributed by atoms with E-state index < -0.39 is 22.6 Å². The molecule has 7 nitrogen and oxygen atoms in total. The molecular weight excluding hydrogens is 580 g/mol. The number of esters is 1. The number of carbonyl (C=O) groups is 3. The second-order valence-corrected chi connectivity index (χ2v) is 14.2. The summed E-state index contributed by atoms with van der Waals surface area (Å²) in [5.41, 5.74) is 0. The minimum atomic E-state index is -0.648. The Balaban J connectivity index is 1.62. The molecule has 3 aliphatic heterocycles. The number of hydrogen-bond donors (Lipinski definition) is 1. The first-order valence-corrected chi connectivity index (χ1v) is 16.6. The minimum absolute atomic E-state index is 0.00565. The molecule has 3 saturated heterocycles. The zero-order chi connectivity index (χ0) is 28.0. The number of hydrogen-bond acceptors (Lipinski definition) is 6. The fourth-order valence-corrected chi connectivity index (χ4v) is 10.9. The number of thioether (sulfide) groups is 1. The lowest BCUT2D eigenvalue weighted by atomic mass is 9.71. The van der Waals surface area contributed by atoms with Crippen molar-refractivity contribution in [1.29, 1.82) is 0 Å². The van der Waals surface area contributed by atoms with E-state index in [9.17, 15) is 19.5 Å². The zero-order valence-electron chi connectivity index (χ0n) is 23.1. The van der Waals surface area contributed by atoms with Crippen LogP contribution in [0.4, 0.5) is 0 Å². The Hall–Kier alpha value is -1.32. The molecule has 39 heavy (non-hydrogen) atoms. The smallest absolute Gasteiger partial charge is 0.310 e. The third kappa shape index (κ3) is 6.15. The quantitative estimate of drug-likeness (QED) is 0.121. The highest BCUT2D eigenvalue weighted by atomic mass is 79.9. The summed E-state index contributed by atoms with van der Waals surface area (Å²) in [5.74, 6) is -1.49. The zero-order valence-corrected chi connectivity index (χ0v) is 25.5. The number of nitrogens with zero attached hydrogens (tertiary/aromatic N) is 2. The first-order chi connectivity index (χ1) is 18.9. The van der Waals surface area contributed by atoms with Gasteiger partial charge >= 0.3 is 5.97 Å². The monoisotopic (exact) mass is 624 g/mol. The number of aliphatic hydroxyl groups is 1. The van der Waals surface area contributed by atoms with E-state index in [1.165, 1.54) is 6.42 Å². The molecule has 2 amide bonds. The summed E-state index contributed by atoms with van der Waals surface area (Å²) in [5, 5.41) is 9.18. The summed E-state index contributed by atoms with van der Waals surface area (Å²) in [4.78, 5) is 46.0. The lowest BCUT2D eigenvalue weighted by Gasteiger charge is -2.41. The Morgan fingerprint density at radius 1 is 1.13 bits per heavy atom. The number of amides is 2. The van der Waals surface area contributed by atoms with Gasteiger partial charge in [0.15, 0.2) is 0 Å². The molecule has 0 radical (unpaired) electrons. The van der Waals surface area contributed by atoms with Crippen molar-refractivity contribution in [3.8, 4) is 0 Å². The molecule has 2 bridgehead atoms. The molecule has 4 rings (SSSR count). The van der Waals surface area contributed by atoms with Gasteiger partial charge in [-0.3, -0.25) is 14.4 Å². The van der Waals surface area contributed by atoms with Crippen LogP contribution in [0.1, 0.15) is 77.0 Å². The van der Waals surface area contributed by atoms with E-state index in [0.29, 0.717) is 39.0 Å². The number of aliphatic hydroxyl groups excluding tert-OH is 1. The number of carbonyl (C=O) groups excluding carboxylic acids is 3. The van der Waals surface area contributed by atoms with Crippen LogP contribution >= 0.6 is 27.7 Å². The average molecular weight is 626 g/mol. The van der Waals surface area contributed by atoms with Crippen molar-refractivity contribution < 1.29 is 24.2 Å². The van der Waals surface area contributed by atoms with Crippen molar-refractivity contribution in [1.82, 2.24) is 9.80 Å². The van der Waals surface area contributed by atoms with Crippen LogP contribution in [0, 0.1) is 11.8 Å². The van der Waals surface area contributed by atoms with E-state index >= 15 is 0 Å². The Morgan fingerprint density at radius 3 is 2.59 bits per heavy atom. The van der Waals surface area contributed by atoms with E-state index in [-0.39, 0.29) is 40.5 Å². The van der Waals surface area contributed by atoms with E-state index in [0.717, 1.165) is 51.4 Å². The molecule has 3 heterocycles. The minimum Gasteiger partial charge on any atom is -0.465 e. The number of ether oxygens (including phenoxy) is 1. The number of unbranched alkanes of at least 4 members (excludes halogenated alkanes) is 4. The molecule has 9 heteroatoms. The van der Waals surface area contributed by atoms with Crippen LogP contribution in [-0.4, -0.2) is 85.9 Å². The molecule has 0 aromatic rings. The third-order valence-electron chi connectivity index (χ3n) is 9.02. The van der Waals surface area contributed by atoms with Gasteiger partial charge < -0.3 is 19.6 Å². The number of likely N-dealkylation sites (tertiary alicyclic amines) is 1. The third-order valence-corrected chi connectivity index (χ3v) is 12.2. The highest BCUT2D eigenvalue weighted by Crippen LogP contribution is 2.68. The van der Waals surface area contributed by atoms with Crippen molar-refractivity contribution in [2.45, 2.75) is 104 Å². The fraction of sp³-hybridized carbons (Fsp3) is 0.767. The van der Waals surface area contributed by atoms with Crippen LogP contribution in [-0.2, 0) is 19.1 Å². The van der Waals surface area contributed by atoms with Crippen LogP contribution in [0.25, 0.3) is 0 Å². The summed E-state index contributed by atoms with van der Waals surface area (Å²) in [6, 6.07) is -0.447. The van der Waals surface area contributed by atoms with E-state index in [1.54, 1.807) is 22.7 Å². The summed E-state index contributed by atoms with van der Waals surface area (Å²) in [7, 11) is 0. The summed E-state index contributed by atoms with van der Waals surface area (Å²) < 4.78 is 5.09. The van der Waals surface area contributed by atoms with Gasteiger partial charge in [-0.05, 0) is 57.8 Å². The maximum atomic E-state index is 14.6. The fourth-order valence-electron chi connectivity index (χ4n) is 7.26. The molecule has 6 atom stereocenters. The summed E-state index contributed by atoms with van der Waals surface area (Å²) in [6.07, 6.45) is 14.4. The molecule has 0 aromatic heterocycles. The van der Waals surface area contributed by atoms with Crippen molar-refractivity contribution >= 4 is 45.5 Å². The Bertz CT molecular complexity index is 912. The van der Waals surface area contributed by atoms with Crippen molar-refractivity contribution in [3.63, 3.8) is 0 Å². The molecule has 1 aliphatic carbocycles. The predicted molar refractivity (Wildman–Crippen MR) is 159 cm³/mol. The predicted octanol–water partition coefficient (Wildman–Crippen LogP) is 4.86. The topological polar surface area (TPSA) is 87.2 Å². The van der Waals surface area contributed by atoms with Crippen LogP contribution in [0.2, 0.25) is 0 Å². The molecule has 1 saturated carbocycles. The standard InChI is InChI=1S/C30H45BrN2O5S/c1-3-5-6-13-19-38-29(37)23-24-27(35)33(17-11-8-12-18-34)26(30(24)20-22(31)25(23)39-30)28(36)32(16-4-2)21-14-9-7-10-15-21/h3-4,21-26,34H,1-2,5-20H2/t22?,23-,24+,25-,26?,30?/m1/s1. The van der Waals surface area contributed by atoms with E-state index in [4.69, 9.17) is 4.74 Å². The molecule has 4 fully saturated rings. The number of halogens is 1. The second kappa shape index (κ2) is 14.0.